The van der Waals surface area contributed by atoms with Crippen molar-refractivity contribution >= 4 is 10.9 Å². The van der Waals surface area contributed by atoms with Crippen molar-refractivity contribution in [3.8, 4) is 0 Å². The number of nitrogens with two attached hydrogens (primary N) is 1. The van der Waals surface area contributed by atoms with Crippen molar-refractivity contribution < 1.29 is 0 Å². The first-order valence-electron chi connectivity index (χ1n) is 5.35. The van der Waals surface area contributed by atoms with Gasteiger partial charge < -0.3 is 5.73 Å². The second-order valence-corrected chi connectivity index (χ2v) is 4.02. The van der Waals surface area contributed by atoms with Crippen molar-refractivity contribution in [3.63, 3.8) is 0 Å². The highest BCUT2D eigenvalue weighted by atomic mass is 16.1. The summed E-state index contributed by atoms with van der Waals surface area (Å²) in [6, 6.07) is 7.42. The molecular weight excluding hydrogens is 202 g/mol. The van der Waals surface area contributed by atoms with E-state index in [1.807, 2.05) is 32.0 Å². The molecule has 0 saturated heterocycles. The van der Waals surface area contributed by atoms with Crippen LogP contribution in [0.1, 0.15) is 25.7 Å². The minimum Gasteiger partial charge on any atom is -0.324 e. The Morgan fingerprint density at radius 1 is 1.38 bits per heavy atom. The Labute approximate surface area is 93.7 Å². The minimum absolute atomic E-state index is 0.0129. The van der Waals surface area contributed by atoms with E-state index in [4.69, 9.17) is 5.73 Å². The van der Waals surface area contributed by atoms with Gasteiger partial charge in [-0.25, -0.2) is 4.98 Å². The molecule has 0 bridgehead atoms. The highest BCUT2D eigenvalue weighted by Crippen LogP contribution is 2.11. The predicted molar refractivity (Wildman–Crippen MR) is 64.3 cm³/mol. The maximum atomic E-state index is 12.2. The van der Waals surface area contributed by atoms with Crippen LogP contribution in [0.4, 0.5) is 0 Å². The lowest BCUT2D eigenvalue weighted by Gasteiger charge is -2.15. The maximum Gasteiger partial charge on any atom is 0.261 e. The van der Waals surface area contributed by atoms with Crippen LogP contribution < -0.4 is 11.3 Å². The van der Waals surface area contributed by atoms with Gasteiger partial charge in [-0.3, -0.25) is 9.36 Å². The Bertz CT molecular complexity index is 572. The molecule has 0 atom stereocenters. The zero-order chi connectivity index (χ0) is 11.7. The van der Waals surface area contributed by atoms with Crippen LogP contribution in [-0.4, -0.2) is 9.55 Å². The summed E-state index contributed by atoms with van der Waals surface area (Å²) < 4.78 is 1.66. The third-order valence-electron chi connectivity index (χ3n) is 2.58. The molecule has 1 aromatic heterocycles. The van der Waals surface area contributed by atoms with Gasteiger partial charge in [0.2, 0.25) is 0 Å². The Kier molecular flexibility index (Phi) is 2.75. The van der Waals surface area contributed by atoms with Crippen molar-refractivity contribution in [2.45, 2.75) is 26.4 Å². The number of aromatic nitrogens is 2. The van der Waals surface area contributed by atoms with E-state index in [0.717, 1.165) is 0 Å². The molecule has 2 N–H and O–H groups in total. The topological polar surface area (TPSA) is 60.9 Å². The van der Waals surface area contributed by atoms with E-state index in [1.165, 1.54) is 0 Å². The lowest BCUT2D eigenvalue weighted by molar-refractivity contribution is 0.541. The van der Waals surface area contributed by atoms with Crippen molar-refractivity contribution in [1.82, 2.24) is 9.55 Å². The lowest BCUT2D eigenvalue weighted by atomic mass is 10.2. The number of nitrogens with zero attached hydrogens (tertiary/aromatic N) is 2. The normalized spacial score (nSPS) is 11.2. The molecule has 0 spiro atoms. The SMILES string of the molecule is CC(C)n1c(CN)nc2ccccc2c1=O. The average molecular weight is 217 g/mol. The fourth-order valence-corrected chi connectivity index (χ4v) is 1.87. The van der Waals surface area contributed by atoms with E-state index in [-0.39, 0.29) is 18.1 Å². The van der Waals surface area contributed by atoms with Crippen molar-refractivity contribution in [1.29, 1.82) is 0 Å². The maximum absolute atomic E-state index is 12.2. The van der Waals surface area contributed by atoms with Gasteiger partial charge in [-0.1, -0.05) is 12.1 Å². The Balaban J connectivity index is 2.88. The lowest BCUT2D eigenvalue weighted by Crippen LogP contribution is -2.28. The van der Waals surface area contributed by atoms with Gasteiger partial charge in [0.15, 0.2) is 0 Å². The van der Waals surface area contributed by atoms with Crippen LogP contribution in [0.15, 0.2) is 29.1 Å². The monoisotopic (exact) mass is 217 g/mol. The second kappa shape index (κ2) is 4.06. The molecule has 0 amide bonds. The van der Waals surface area contributed by atoms with Gasteiger partial charge in [0.05, 0.1) is 17.4 Å². The van der Waals surface area contributed by atoms with E-state index in [9.17, 15) is 4.79 Å². The van der Waals surface area contributed by atoms with Crippen LogP contribution in [0.25, 0.3) is 10.9 Å². The quantitative estimate of drug-likeness (QED) is 0.827. The van der Waals surface area contributed by atoms with E-state index in [1.54, 1.807) is 10.6 Å². The zero-order valence-corrected chi connectivity index (χ0v) is 9.47. The summed E-state index contributed by atoms with van der Waals surface area (Å²) in [7, 11) is 0. The van der Waals surface area contributed by atoms with E-state index >= 15 is 0 Å². The van der Waals surface area contributed by atoms with E-state index < -0.39 is 0 Å². The molecule has 16 heavy (non-hydrogen) atoms. The largest absolute Gasteiger partial charge is 0.324 e. The highest BCUT2D eigenvalue weighted by Gasteiger charge is 2.11. The van der Waals surface area contributed by atoms with Crippen LogP contribution in [0.2, 0.25) is 0 Å². The van der Waals surface area contributed by atoms with Crippen molar-refractivity contribution in [2.75, 3.05) is 0 Å². The molecule has 2 aromatic rings. The summed E-state index contributed by atoms with van der Waals surface area (Å²) in [4.78, 5) is 16.6. The summed E-state index contributed by atoms with van der Waals surface area (Å²) >= 11 is 0. The number of rotatable bonds is 2. The summed E-state index contributed by atoms with van der Waals surface area (Å²) in [5.74, 6) is 0.638. The average Bonchev–Trinajstić information content (AvgIpc) is 2.28. The first-order chi connectivity index (χ1) is 7.65. The van der Waals surface area contributed by atoms with Gasteiger partial charge in [-0.15, -0.1) is 0 Å². The zero-order valence-electron chi connectivity index (χ0n) is 9.47. The fraction of sp³-hybridized carbons (Fsp3) is 0.333. The van der Waals surface area contributed by atoms with Crippen molar-refractivity contribution in [2.24, 2.45) is 5.73 Å². The molecule has 4 heteroatoms. The summed E-state index contributed by atoms with van der Waals surface area (Å²) in [5, 5.41) is 0.647. The van der Waals surface area contributed by atoms with E-state index in [2.05, 4.69) is 4.98 Å². The van der Waals surface area contributed by atoms with Gasteiger partial charge >= 0.3 is 0 Å². The van der Waals surface area contributed by atoms with Crippen LogP contribution in [-0.2, 0) is 6.54 Å². The summed E-state index contributed by atoms with van der Waals surface area (Å²) in [6.07, 6.45) is 0. The Morgan fingerprint density at radius 2 is 2.06 bits per heavy atom. The van der Waals surface area contributed by atoms with Crippen LogP contribution in [0.5, 0.6) is 0 Å². The molecule has 1 heterocycles. The predicted octanol–water partition coefficient (Wildman–Crippen LogP) is 1.44. The third-order valence-corrected chi connectivity index (χ3v) is 2.58. The van der Waals surface area contributed by atoms with Crippen LogP contribution >= 0.6 is 0 Å². The standard InChI is InChI=1S/C12H15N3O/c1-8(2)15-11(7-13)14-10-6-4-3-5-9(10)12(15)16/h3-6,8H,7,13H2,1-2H3. The van der Waals surface area contributed by atoms with Gasteiger partial charge in [0, 0.05) is 6.04 Å². The fourth-order valence-electron chi connectivity index (χ4n) is 1.87. The second-order valence-electron chi connectivity index (χ2n) is 4.02. The minimum atomic E-state index is -0.0129. The summed E-state index contributed by atoms with van der Waals surface area (Å²) in [5.41, 5.74) is 6.33. The van der Waals surface area contributed by atoms with E-state index in [0.29, 0.717) is 16.7 Å². The molecule has 0 aliphatic rings. The molecule has 1 aromatic carbocycles. The first kappa shape index (κ1) is 10.8. The molecule has 0 saturated carbocycles. The molecule has 84 valence electrons. The van der Waals surface area contributed by atoms with Gasteiger partial charge in [0.25, 0.3) is 5.56 Å². The number of para-hydroxylation sites is 1. The third kappa shape index (κ3) is 1.61. The smallest absolute Gasteiger partial charge is 0.261 e. The van der Waals surface area contributed by atoms with Gasteiger partial charge in [-0.2, -0.15) is 0 Å². The first-order valence-corrected chi connectivity index (χ1v) is 5.35. The molecule has 4 nitrogen and oxygen atoms in total. The molecule has 0 fully saturated rings. The molecule has 0 radical (unpaired) electrons. The number of hydrogen-bond donors (Lipinski definition) is 1. The van der Waals surface area contributed by atoms with Crippen LogP contribution in [0, 0.1) is 0 Å². The van der Waals surface area contributed by atoms with Crippen molar-refractivity contribution in [3.05, 3.63) is 40.4 Å². The summed E-state index contributed by atoms with van der Waals surface area (Å²) in [6.45, 7) is 4.19. The molecule has 0 unspecified atom stereocenters. The number of fused-ring (bicyclic) bond motifs is 1. The van der Waals surface area contributed by atoms with Gasteiger partial charge in [-0.05, 0) is 26.0 Å². The molecule has 0 aliphatic heterocycles. The Hall–Kier alpha value is -1.68. The van der Waals surface area contributed by atoms with Crippen LogP contribution in [0.3, 0.4) is 0 Å². The Morgan fingerprint density at radius 3 is 2.69 bits per heavy atom. The van der Waals surface area contributed by atoms with Gasteiger partial charge in [0.1, 0.15) is 5.82 Å². The highest BCUT2D eigenvalue weighted by molar-refractivity contribution is 5.77. The molecule has 2 rings (SSSR count). The molecular formula is C12H15N3O. The molecule has 0 aliphatic carbocycles. The number of benzene rings is 1. The number of hydrogen-bond acceptors (Lipinski definition) is 3.